The van der Waals surface area contributed by atoms with Crippen LogP contribution in [0.5, 0.6) is 0 Å². The average Bonchev–Trinajstić information content (AvgIpc) is 2.65. The van der Waals surface area contributed by atoms with Crippen LogP contribution < -0.4 is 5.32 Å². The van der Waals surface area contributed by atoms with Crippen LogP contribution in [-0.4, -0.2) is 9.91 Å². The maximum atomic E-state index is 13.4. The Morgan fingerprint density at radius 1 is 1.23 bits per heavy atom. The Bertz CT molecular complexity index is 1050. The van der Waals surface area contributed by atoms with Gasteiger partial charge in [0.25, 0.3) is 5.69 Å². The number of pyridine rings is 1. The van der Waals surface area contributed by atoms with Gasteiger partial charge in [-0.1, -0.05) is 23.7 Å². The molecule has 0 fully saturated rings. The van der Waals surface area contributed by atoms with Gasteiger partial charge in [0.05, 0.1) is 21.2 Å². The Balaban J connectivity index is 2.12. The van der Waals surface area contributed by atoms with Crippen molar-refractivity contribution in [2.75, 3.05) is 5.32 Å². The van der Waals surface area contributed by atoms with Crippen LogP contribution in [0.2, 0.25) is 5.02 Å². The summed E-state index contributed by atoms with van der Waals surface area (Å²) in [7, 11) is 0. The van der Waals surface area contributed by atoms with Crippen LogP contribution in [-0.2, 0) is 0 Å². The van der Waals surface area contributed by atoms with Gasteiger partial charge < -0.3 is 5.32 Å². The van der Waals surface area contributed by atoms with E-state index in [0.717, 1.165) is 0 Å². The van der Waals surface area contributed by atoms with Crippen molar-refractivity contribution in [3.63, 3.8) is 0 Å². The maximum absolute atomic E-state index is 13.4. The normalized spacial score (nSPS) is 10.2. The van der Waals surface area contributed by atoms with Gasteiger partial charge in [0.1, 0.15) is 11.9 Å². The number of nitriles is 1. The monoisotopic (exact) mass is 368 g/mol. The third-order valence-corrected chi connectivity index (χ3v) is 3.91. The summed E-state index contributed by atoms with van der Waals surface area (Å²) in [6, 6.07) is 12.1. The van der Waals surface area contributed by atoms with Gasteiger partial charge in [-0.05, 0) is 23.8 Å². The summed E-state index contributed by atoms with van der Waals surface area (Å²) in [5, 5.41) is 23.4. The number of anilines is 2. The minimum absolute atomic E-state index is 0.0699. The average molecular weight is 369 g/mol. The van der Waals surface area contributed by atoms with Crippen molar-refractivity contribution in [1.29, 1.82) is 5.26 Å². The number of halogens is 2. The molecule has 0 bridgehead atoms. The van der Waals surface area contributed by atoms with Crippen LogP contribution in [0, 0.1) is 27.3 Å². The zero-order chi connectivity index (χ0) is 18.7. The van der Waals surface area contributed by atoms with Gasteiger partial charge in [0.15, 0.2) is 0 Å². The zero-order valence-corrected chi connectivity index (χ0v) is 13.9. The first-order chi connectivity index (χ1) is 12.5. The van der Waals surface area contributed by atoms with Gasteiger partial charge in [-0.15, -0.1) is 0 Å². The maximum Gasteiger partial charge on any atom is 0.270 e. The fourth-order valence-corrected chi connectivity index (χ4v) is 2.58. The summed E-state index contributed by atoms with van der Waals surface area (Å²) in [6.07, 6.45) is 2.86. The molecule has 2 aromatic carbocycles. The summed E-state index contributed by atoms with van der Waals surface area (Å²) >= 11 is 5.80. The molecule has 0 spiro atoms. The van der Waals surface area contributed by atoms with E-state index in [1.54, 1.807) is 12.1 Å². The number of nitro benzene ring substituents is 1. The Morgan fingerprint density at radius 3 is 2.73 bits per heavy atom. The molecule has 3 aromatic rings. The number of nitrogens with one attached hydrogen (secondary N) is 1. The van der Waals surface area contributed by atoms with Crippen molar-refractivity contribution >= 4 is 28.7 Å². The number of nitro groups is 1. The topological polar surface area (TPSA) is 91.8 Å². The molecule has 0 aliphatic heterocycles. The highest BCUT2D eigenvalue weighted by Crippen LogP contribution is 2.34. The van der Waals surface area contributed by atoms with Crippen LogP contribution in [0.3, 0.4) is 0 Å². The van der Waals surface area contributed by atoms with Gasteiger partial charge in [-0.3, -0.25) is 15.1 Å². The van der Waals surface area contributed by atoms with E-state index in [1.165, 1.54) is 42.7 Å². The predicted molar refractivity (Wildman–Crippen MR) is 95.7 cm³/mol. The van der Waals surface area contributed by atoms with Gasteiger partial charge in [-0.25, -0.2) is 4.39 Å². The summed E-state index contributed by atoms with van der Waals surface area (Å²) in [4.78, 5) is 14.5. The standard InChI is InChI=1S/C18H10ClFN4O2/c19-16-7-13(4-5-17(16)20)23-18-12(8-21)9-22-10-15(18)11-2-1-3-14(6-11)24(25)26/h1-7,9-10H,(H,22,23). The third-order valence-electron chi connectivity index (χ3n) is 3.62. The fourth-order valence-electron chi connectivity index (χ4n) is 2.40. The van der Waals surface area contributed by atoms with Crippen molar-refractivity contribution in [1.82, 2.24) is 4.98 Å². The first kappa shape index (κ1) is 17.3. The molecule has 0 radical (unpaired) electrons. The van der Waals surface area contributed by atoms with E-state index in [4.69, 9.17) is 11.6 Å². The van der Waals surface area contributed by atoms with Crippen LogP contribution in [0.1, 0.15) is 5.56 Å². The van der Waals surface area contributed by atoms with Crippen molar-refractivity contribution in [3.8, 4) is 17.2 Å². The number of benzene rings is 2. The molecule has 0 atom stereocenters. The number of rotatable bonds is 4. The molecule has 1 heterocycles. The molecule has 8 heteroatoms. The molecular weight excluding hydrogens is 359 g/mol. The molecule has 0 unspecified atom stereocenters. The minimum Gasteiger partial charge on any atom is -0.354 e. The molecule has 0 aliphatic rings. The van der Waals surface area contributed by atoms with Crippen LogP contribution in [0.25, 0.3) is 11.1 Å². The molecular formula is C18H10ClFN4O2. The van der Waals surface area contributed by atoms with E-state index in [9.17, 15) is 19.8 Å². The third kappa shape index (κ3) is 3.45. The predicted octanol–water partition coefficient (Wildman–Crippen LogP) is 5.06. The van der Waals surface area contributed by atoms with E-state index in [0.29, 0.717) is 22.5 Å². The highest BCUT2D eigenvalue weighted by atomic mass is 35.5. The highest BCUT2D eigenvalue weighted by molar-refractivity contribution is 6.31. The van der Waals surface area contributed by atoms with Crippen molar-refractivity contribution < 1.29 is 9.31 Å². The summed E-state index contributed by atoms with van der Waals surface area (Å²) < 4.78 is 13.4. The Morgan fingerprint density at radius 2 is 2.04 bits per heavy atom. The number of aromatic nitrogens is 1. The Hall–Kier alpha value is -3.50. The van der Waals surface area contributed by atoms with Gasteiger partial charge in [0.2, 0.25) is 0 Å². The lowest BCUT2D eigenvalue weighted by atomic mass is 10.0. The lowest BCUT2D eigenvalue weighted by Crippen LogP contribution is -1.99. The fraction of sp³-hybridized carbons (Fsp3) is 0. The van der Waals surface area contributed by atoms with Gasteiger partial charge in [0, 0.05) is 35.8 Å². The molecule has 6 nitrogen and oxygen atoms in total. The number of non-ortho nitro benzene ring substituents is 1. The molecule has 0 saturated heterocycles. The lowest BCUT2D eigenvalue weighted by Gasteiger charge is -2.14. The lowest BCUT2D eigenvalue weighted by molar-refractivity contribution is -0.384. The molecule has 0 saturated carbocycles. The molecule has 0 aliphatic carbocycles. The van der Waals surface area contributed by atoms with Gasteiger partial charge in [-0.2, -0.15) is 5.26 Å². The summed E-state index contributed by atoms with van der Waals surface area (Å²) in [5.41, 5.74) is 2.01. The van der Waals surface area contributed by atoms with Crippen molar-refractivity contribution in [2.45, 2.75) is 0 Å². The van der Waals surface area contributed by atoms with Crippen LogP contribution in [0.15, 0.2) is 54.9 Å². The second kappa shape index (κ2) is 7.17. The largest absolute Gasteiger partial charge is 0.354 e. The molecule has 1 aromatic heterocycles. The van der Waals surface area contributed by atoms with Crippen molar-refractivity contribution in [2.24, 2.45) is 0 Å². The van der Waals surface area contributed by atoms with E-state index in [2.05, 4.69) is 10.3 Å². The highest BCUT2D eigenvalue weighted by Gasteiger charge is 2.15. The van der Waals surface area contributed by atoms with Crippen molar-refractivity contribution in [3.05, 3.63) is 81.4 Å². The van der Waals surface area contributed by atoms with E-state index in [1.807, 2.05) is 6.07 Å². The first-order valence-electron chi connectivity index (χ1n) is 7.34. The molecule has 26 heavy (non-hydrogen) atoms. The number of nitrogens with zero attached hydrogens (tertiary/aromatic N) is 3. The second-order valence-corrected chi connectivity index (χ2v) is 5.69. The number of hydrogen-bond donors (Lipinski definition) is 1. The first-order valence-corrected chi connectivity index (χ1v) is 7.72. The minimum atomic E-state index is -0.564. The van der Waals surface area contributed by atoms with Crippen LogP contribution in [0.4, 0.5) is 21.5 Å². The van der Waals surface area contributed by atoms with E-state index >= 15 is 0 Å². The smallest absolute Gasteiger partial charge is 0.270 e. The Labute approximate surface area is 152 Å². The van der Waals surface area contributed by atoms with Gasteiger partial charge >= 0.3 is 0 Å². The molecule has 3 rings (SSSR count). The quantitative estimate of drug-likeness (QED) is 0.513. The molecule has 1 N–H and O–H groups in total. The Kier molecular flexibility index (Phi) is 4.78. The number of hydrogen-bond acceptors (Lipinski definition) is 5. The molecule has 128 valence electrons. The zero-order valence-electron chi connectivity index (χ0n) is 13.1. The van der Waals surface area contributed by atoms with E-state index < -0.39 is 10.7 Å². The van der Waals surface area contributed by atoms with E-state index in [-0.39, 0.29) is 16.3 Å². The summed E-state index contributed by atoms with van der Waals surface area (Å²) in [6.45, 7) is 0. The second-order valence-electron chi connectivity index (χ2n) is 5.28. The van der Waals surface area contributed by atoms with Crippen LogP contribution >= 0.6 is 11.6 Å². The SMILES string of the molecule is N#Cc1cncc(-c2cccc([N+](=O)[O-])c2)c1Nc1ccc(F)c(Cl)c1. The summed E-state index contributed by atoms with van der Waals surface area (Å²) in [5.74, 6) is -0.564. The molecule has 0 amide bonds.